The van der Waals surface area contributed by atoms with Gasteiger partial charge in [0, 0.05) is 5.97 Å². The zero-order chi connectivity index (χ0) is 10.9. The van der Waals surface area contributed by atoms with E-state index in [0.29, 0.717) is 0 Å². The van der Waals surface area contributed by atoms with Crippen molar-refractivity contribution in [1.29, 1.82) is 0 Å². The SMILES string of the molecule is CCC(=O)[O-].CCCC[N+](C)(C)C. The predicted molar refractivity (Wildman–Crippen MR) is 53.1 cm³/mol. The number of unbranched alkanes of at least 4 members (excludes halogenated alkanes) is 1. The Kier molecular flexibility index (Phi) is 9.24. The third-order valence-corrected chi connectivity index (χ3v) is 1.47. The smallest absolute Gasteiger partial charge is 0.0780 e. The standard InChI is InChI=1S/C7H18N.C3H6O2/c1-5-6-7-8(2,3)4;1-2-3(4)5/h5-7H2,1-4H3;2H2,1H3,(H,4,5)/q+1;/p-1. The minimum atomic E-state index is -0.995. The molecule has 0 rings (SSSR count). The predicted octanol–water partition coefficient (Wildman–Crippen LogP) is 0.639. The molecule has 0 bridgehead atoms. The molecule has 3 nitrogen and oxygen atoms in total. The monoisotopic (exact) mass is 189 g/mol. The van der Waals surface area contributed by atoms with Gasteiger partial charge in [0.1, 0.15) is 0 Å². The second-order valence-electron chi connectivity index (χ2n) is 4.09. The molecule has 0 aliphatic rings. The maximum absolute atomic E-state index is 9.26. The fourth-order valence-electron chi connectivity index (χ4n) is 0.632. The second-order valence-corrected chi connectivity index (χ2v) is 4.09. The summed E-state index contributed by atoms with van der Waals surface area (Å²) in [4.78, 5) is 9.26. The molecular weight excluding hydrogens is 166 g/mol. The molecule has 80 valence electrons. The van der Waals surface area contributed by atoms with E-state index in [1.165, 1.54) is 26.3 Å². The molecule has 0 saturated carbocycles. The van der Waals surface area contributed by atoms with Crippen LogP contribution in [-0.2, 0) is 4.79 Å². The van der Waals surface area contributed by atoms with Crippen LogP contribution < -0.4 is 5.11 Å². The number of carbonyl (C=O) groups excluding carboxylic acids is 1. The first-order valence-electron chi connectivity index (χ1n) is 4.83. The van der Waals surface area contributed by atoms with Crippen LogP contribution in [0.25, 0.3) is 0 Å². The van der Waals surface area contributed by atoms with Crippen molar-refractivity contribution in [1.82, 2.24) is 0 Å². The summed E-state index contributed by atoms with van der Waals surface area (Å²) in [5.41, 5.74) is 0. The Morgan fingerprint density at radius 1 is 1.23 bits per heavy atom. The Morgan fingerprint density at radius 2 is 1.62 bits per heavy atom. The Morgan fingerprint density at radius 3 is 1.69 bits per heavy atom. The van der Waals surface area contributed by atoms with Crippen molar-refractivity contribution in [2.75, 3.05) is 27.7 Å². The fourth-order valence-corrected chi connectivity index (χ4v) is 0.632. The molecule has 0 radical (unpaired) electrons. The van der Waals surface area contributed by atoms with E-state index < -0.39 is 5.97 Å². The number of quaternary nitrogens is 1. The van der Waals surface area contributed by atoms with Crippen LogP contribution in [0.2, 0.25) is 0 Å². The maximum atomic E-state index is 9.26. The summed E-state index contributed by atoms with van der Waals surface area (Å²) < 4.78 is 1.10. The summed E-state index contributed by atoms with van der Waals surface area (Å²) in [7, 11) is 6.70. The lowest BCUT2D eigenvalue weighted by Crippen LogP contribution is -2.35. The first kappa shape index (κ1) is 14.9. The number of nitrogens with zero attached hydrogens (tertiary/aromatic N) is 1. The highest BCUT2D eigenvalue weighted by Crippen LogP contribution is 1.95. The molecule has 13 heavy (non-hydrogen) atoms. The van der Waals surface area contributed by atoms with Crippen molar-refractivity contribution in [3.8, 4) is 0 Å². The Labute approximate surface area is 82.0 Å². The minimum Gasteiger partial charge on any atom is -0.550 e. The molecule has 0 heterocycles. The Balaban J connectivity index is 0. The van der Waals surface area contributed by atoms with Gasteiger partial charge in [0.25, 0.3) is 0 Å². The van der Waals surface area contributed by atoms with Crippen molar-refractivity contribution in [3.63, 3.8) is 0 Å². The molecule has 0 fully saturated rings. The first-order valence-corrected chi connectivity index (χ1v) is 4.83. The molecule has 0 aromatic carbocycles. The van der Waals surface area contributed by atoms with Crippen LogP contribution in [-0.4, -0.2) is 38.1 Å². The zero-order valence-electron chi connectivity index (χ0n) is 9.59. The van der Waals surface area contributed by atoms with Crippen LogP contribution in [0.3, 0.4) is 0 Å². The minimum absolute atomic E-state index is 0.111. The van der Waals surface area contributed by atoms with E-state index in [1.54, 1.807) is 0 Å². The molecule has 0 aliphatic heterocycles. The normalized spacial score (nSPS) is 10.2. The largest absolute Gasteiger partial charge is 0.550 e. The molecule has 3 heteroatoms. The van der Waals surface area contributed by atoms with Crippen molar-refractivity contribution < 1.29 is 14.4 Å². The Hall–Kier alpha value is -0.570. The van der Waals surface area contributed by atoms with Gasteiger partial charge in [-0.1, -0.05) is 20.3 Å². The van der Waals surface area contributed by atoms with Crippen molar-refractivity contribution in [2.45, 2.75) is 33.1 Å². The summed E-state index contributed by atoms with van der Waals surface area (Å²) in [6, 6.07) is 0. The highest BCUT2D eigenvalue weighted by atomic mass is 16.4. The number of carbonyl (C=O) groups is 1. The van der Waals surface area contributed by atoms with Gasteiger partial charge in [0.2, 0.25) is 0 Å². The summed E-state index contributed by atoms with van der Waals surface area (Å²) in [5.74, 6) is -0.995. The molecule has 0 unspecified atom stereocenters. The number of hydrogen-bond acceptors (Lipinski definition) is 2. The molecule has 0 saturated heterocycles. The van der Waals surface area contributed by atoms with Crippen LogP contribution >= 0.6 is 0 Å². The average Bonchev–Trinajstić information content (AvgIpc) is 2.00. The number of aliphatic carboxylic acids is 1. The number of carboxylic acid groups (broad SMARTS) is 1. The molecule has 0 aromatic rings. The van der Waals surface area contributed by atoms with Gasteiger partial charge in [0.05, 0.1) is 27.7 Å². The quantitative estimate of drug-likeness (QED) is 0.609. The van der Waals surface area contributed by atoms with E-state index >= 15 is 0 Å². The molecule has 0 atom stereocenters. The number of hydrogen-bond donors (Lipinski definition) is 0. The Bertz CT molecular complexity index is 127. The summed E-state index contributed by atoms with van der Waals surface area (Å²) in [6.45, 7) is 5.07. The van der Waals surface area contributed by atoms with E-state index in [1.807, 2.05) is 0 Å². The third-order valence-electron chi connectivity index (χ3n) is 1.47. The molecule has 0 amide bonds. The van der Waals surface area contributed by atoms with Crippen LogP contribution in [0.1, 0.15) is 33.1 Å². The van der Waals surface area contributed by atoms with Gasteiger partial charge < -0.3 is 14.4 Å². The van der Waals surface area contributed by atoms with Gasteiger partial charge in [-0.2, -0.15) is 0 Å². The maximum Gasteiger partial charge on any atom is 0.0780 e. The van der Waals surface area contributed by atoms with E-state index in [0.717, 1.165) is 4.48 Å². The lowest BCUT2D eigenvalue weighted by atomic mass is 10.3. The highest BCUT2D eigenvalue weighted by Gasteiger charge is 2.02. The number of rotatable bonds is 4. The first-order chi connectivity index (χ1) is 5.83. The molecular formula is C10H23NO2. The van der Waals surface area contributed by atoms with Gasteiger partial charge in [-0.05, 0) is 12.8 Å². The molecule has 0 N–H and O–H groups in total. The van der Waals surface area contributed by atoms with E-state index in [-0.39, 0.29) is 6.42 Å². The lowest BCUT2D eigenvalue weighted by molar-refractivity contribution is -0.870. The van der Waals surface area contributed by atoms with Crippen LogP contribution in [0.4, 0.5) is 0 Å². The lowest BCUT2D eigenvalue weighted by Gasteiger charge is -2.23. The van der Waals surface area contributed by atoms with Gasteiger partial charge in [-0.25, -0.2) is 0 Å². The van der Waals surface area contributed by atoms with Gasteiger partial charge in [-0.15, -0.1) is 0 Å². The summed E-state index contributed by atoms with van der Waals surface area (Å²) in [6.07, 6.45) is 2.78. The van der Waals surface area contributed by atoms with Crippen molar-refractivity contribution in [2.24, 2.45) is 0 Å². The van der Waals surface area contributed by atoms with Crippen molar-refractivity contribution >= 4 is 5.97 Å². The van der Waals surface area contributed by atoms with Crippen molar-refractivity contribution in [3.05, 3.63) is 0 Å². The molecule has 0 spiro atoms. The summed E-state index contributed by atoms with van der Waals surface area (Å²) in [5, 5.41) is 9.26. The van der Waals surface area contributed by atoms with Crippen LogP contribution in [0.5, 0.6) is 0 Å². The van der Waals surface area contributed by atoms with E-state index in [4.69, 9.17) is 0 Å². The summed E-state index contributed by atoms with van der Waals surface area (Å²) >= 11 is 0. The van der Waals surface area contributed by atoms with E-state index in [2.05, 4.69) is 28.1 Å². The number of carboxylic acids is 1. The van der Waals surface area contributed by atoms with Gasteiger partial charge >= 0.3 is 0 Å². The van der Waals surface area contributed by atoms with Gasteiger partial charge in [-0.3, -0.25) is 0 Å². The molecule has 0 aromatic heterocycles. The van der Waals surface area contributed by atoms with Gasteiger partial charge in [0.15, 0.2) is 0 Å². The second kappa shape index (κ2) is 8.05. The van der Waals surface area contributed by atoms with Crippen LogP contribution in [0.15, 0.2) is 0 Å². The topological polar surface area (TPSA) is 40.1 Å². The average molecular weight is 189 g/mol. The fraction of sp³-hybridized carbons (Fsp3) is 0.900. The van der Waals surface area contributed by atoms with E-state index in [9.17, 15) is 9.90 Å². The highest BCUT2D eigenvalue weighted by molar-refractivity contribution is 5.63. The zero-order valence-corrected chi connectivity index (χ0v) is 9.59. The third kappa shape index (κ3) is 24.6. The van der Waals surface area contributed by atoms with Crippen LogP contribution in [0, 0.1) is 0 Å². The molecule has 0 aliphatic carbocycles.